The second-order valence-electron chi connectivity index (χ2n) is 7.51. The van der Waals surface area contributed by atoms with Gasteiger partial charge in [0.15, 0.2) is 17.3 Å². The van der Waals surface area contributed by atoms with Gasteiger partial charge in [0.2, 0.25) is 5.91 Å². The topological polar surface area (TPSA) is 79.5 Å². The van der Waals surface area contributed by atoms with E-state index in [2.05, 4.69) is 20.4 Å². The minimum absolute atomic E-state index is 0.0342. The molecule has 1 saturated heterocycles. The number of amides is 1. The smallest absolute Gasteiger partial charge is 0.224 e. The standard InChI is InChI=1S/C23H25FN4O3/c1-30-20-8-3-15(11-21(20)31-2)12-23(29)25-18-9-10-28(14-18)22-13-19(26-27-22)16-4-6-17(24)7-5-16/h3-8,11,13,18H,9-10,12,14H2,1-2H3,(H,25,29)(H,26,27). The number of H-pyrrole nitrogens is 1. The Morgan fingerprint density at radius 1 is 1.16 bits per heavy atom. The number of benzene rings is 2. The van der Waals surface area contributed by atoms with E-state index in [1.165, 1.54) is 12.1 Å². The first-order chi connectivity index (χ1) is 15.1. The molecule has 1 fully saturated rings. The SMILES string of the molecule is COc1ccc(CC(=O)NC2CCN(c3cc(-c4ccc(F)cc4)[nH]n3)C2)cc1OC. The van der Waals surface area contributed by atoms with Crippen LogP contribution < -0.4 is 19.7 Å². The van der Waals surface area contributed by atoms with E-state index in [0.717, 1.165) is 35.6 Å². The van der Waals surface area contributed by atoms with Crippen LogP contribution in [0.15, 0.2) is 48.5 Å². The highest BCUT2D eigenvalue weighted by molar-refractivity contribution is 5.79. The van der Waals surface area contributed by atoms with Gasteiger partial charge in [0.1, 0.15) is 5.82 Å². The molecule has 7 nitrogen and oxygen atoms in total. The number of anilines is 1. The van der Waals surface area contributed by atoms with Gasteiger partial charge in [-0.05, 0) is 53.9 Å². The van der Waals surface area contributed by atoms with E-state index in [0.29, 0.717) is 18.0 Å². The molecule has 4 rings (SSSR count). The molecule has 0 aliphatic carbocycles. The van der Waals surface area contributed by atoms with Crippen molar-refractivity contribution in [2.45, 2.75) is 18.9 Å². The highest BCUT2D eigenvalue weighted by Gasteiger charge is 2.25. The van der Waals surface area contributed by atoms with E-state index in [4.69, 9.17) is 9.47 Å². The fourth-order valence-electron chi connectivity index (χ4n) is 3.79. The Kier molecular flexibility index (Phi) is 6.06. The lowest BCUT2D eigenvalue weighted by Crippen LogP contribution is -2.38. The summed E-state index contributed by atoms with van der Waals surface area (Å²) in [6.45, 7) is 1.49. The van der Waals surface area contributed by atoms with Gasteiger partial charge in [-0.25, -0.2) is 4.39 Å². The fraction of sp³-hybridized carbons (Fsp3) is 0.304. The van der Waals surface area contributed by atoms with Gasteiger partial charge in [-0.3, -0.25) is 9.89 Å². The van der Waals surface area contributed by atoms with Crippen LogP contribution in [0.3, 0.4) is 0 Å². The maximum absolute atomic E-state index is 13.1. The molecule has 3 aromatic rings. The Labute approximate surface area is 180 Å². The lowest BCUT2D eigenvalue weighted by Gasteiger charge is -2.16. The minimum Gasteiger partial charge on any atom is -0.493 e. The van der Waals surface area contributed by atoms with Crippen molar-refractivity contribution in [3.63, 3.8) is 0 Å². The summed E-state index contributed by atoms with van der Waals surface area (Å²) in [7, 11) is 3.16. The second-order valence-corrected chi connectivity index (χ2v) is 7.51. The number of methoxy groups -OCH3 is 2. The van der Waals surface area contributed by atoms with E-state index in [9.17, 15) is 9.18 Å². The molecule has 8 heteroatoms. The second kappa shape index (κ2) is 9.07. The molecular weight excluding hydrogens is 399 g/mol. The molecule has 162 valence electrons. The number of hydrogen-bond donors (Lipinski definition) is 2. The van der Waals surface area contributed by atoms with Crippen LogP contribution in [0.1, 0.15) is 12.0 Å². The third kappa shape index (κ3) is 4.79. The lowest BCUT2D eigenvalue weighted by molar-refractivity contribution is -0.121. The molecule has 0 bridgehead atoms. The predicted molar refractivity (Wildman–Crippen MR) is 116 cm³/mol. The third-order valence-corrected chi connectivity index (χ3v) is 5.41. The molecule has 2 N–H and O–H groups in total. The molecule has 1 aliphatic rings. The van der Waals surface area contributed by atoms with Crippen LogP contribution in [0.4, 0.5) is 10.2 Å². The summed E-state index contributed by atoms with van der Waals surface area (Å²) >= 11 is 0. The van der Waals surface area contributed by atoms with Gasteiger partial charge in [-0.15, -0.1) is 0 Å². The van der Waals surface area contributed by atoms with E-state index in [1.54, 1.807) is 32.4 Å². The number of halogens is 1. The molecule has 0 saturated carbocycles. The predicted octanol–water partition coefficient (Wildman–Crippen LogP) is 3.17. The summed E-state index contributed by atoms with van der Waals surface area (Å²) in [6.07, 6.45) is 1.12. The Morgan fingerprint density at radius 2 is 1.94 bits per heavy atom. The quantitative estimate of drug-likeness (QED) is 0.609. The summed E-state index contributed by atoms with van der Waals surface area (Å²) in [6, 6.07) is 13.8. The molecule has 1 aromatic heterocycles. The number of aromatic amines is 1. The van der Waals surface area contributed by atoms with Crippen molar-refractivity contribution in [2.24, 2.45) is 0 Å². The van der Waals surface area contributed by atoms with Crippen LogP contribution in [0.5, 0.6) is 11.5 Å². The average Bonchev–Trinajstić information content (AvgIpc) is 3.44. The fourth-order valence-corrected chi connectivity index (χ4v) is 3.79. The van der Waals surface area contributed by atoms with E-state index in [1.807, 2.05) is 18.2 Å². The van der Waals surface area contributed by atoms with Gasteiger partial charge in [-0.1, -0.05) is 6.07 Å². The largest absolute Gasteiger partial charge is 0.493 e. The van der Waals surface area contributed by atoms with Crippen molar-refractivity contribution >= 4 is 11.7 Å². The first kappa shape index (κ1) is 20.7. The van der Waals surface area contributed by atoms with Gasteiger partial charge >= 0.3 is 0 Å². The average molecular weight is 424 g/mol. The Bertz CT molecular complexity index is 1050. The number of rotatable bonds is 7. The van der Waals surface area contributed by atoms with Gasteiger partial charge in [0, 0.05) is 25.2 Å². The van der Waals surface area contributed by atoms with Crippen LogP contribution in [-0.4, -0.2) is 49.5 Å². The number of nitrogens with zero attached hydrogens (tertiary/aromatic N) is 2. The van der Waals surface area contributed by atoms with Crippen LogP contribution in [-0.2, 0) is 11.2 Å². The van der Waals surface area contributed by atoms with Gasteiger partial charge in [0.25, 0.3) is 0 Å². The number of carbonyl (C=O) groups is 1. The van der Waals surface area contributed by atoms with Crippen molar-refractivity contribution < 1.29 is 18.7 Å². The van der Waals surface area contributed by atoms with E-state index in [-0.39, 0.29) is 24.2 Å². The van der Waals surface area contributed by atoms with E-state index < -0.39 is 0 Å². The van der Waals surface area contributed by atoms with Gasteiger partial charge in [0.05, 0.1) is 26.3 Å². The van der Waals surface area contributed by atoms with Crippen LogP contribution in [0.25, 0.3) is 11.3 Å². The number of nitrogens with one attached hydrogen (secondary N) is 2. The first-order valence-corrected chi connectivity index (χ1v) is 10.1. The summed E-state index contributed by atoms with van der Waals surface area (Å²) in [5.41, 5.74) is 2.57. The first-order valence-electron chi connectivity index (χ1n) is 10.1. The zero-order valence-corrected chi connectivity index (χ0v) is 17.5. The summed E-state index contributed by atoms with van der Waals surface area (Å²) in [4.78, 5) is 14.7. The van der Waals surface area contributed by atoms with Crippen molar-refractivity contribution in [1.82, 2.24) is 15.5 Å². The molecule has 2 heterocycles. The van der Waals surface area contributed by atoms with Crippen molar-refractivity contribution in [3.05, 3.63) is 59.9 Å². The van der Waals surface area contributed by atoms with E-state index >= 15 is 0 Å². The maximum atomic E-state index is 13.1. The molecule has 0 radical (unpaired) electrons. The Hall–Kier alpha value is -3.55. The molecule has 1 aliphatic heterocycles. The van der Waals surface area contributed by atoms with Crippen molar-refractivity contribution in [2.75, 3.05) is 32.2 Å². The van der Waals surface area contributed by atoms with Crippen molar-refractivity contribution in [1.29, 1.82) is 0 Å². The third-order valence-electron chi connectivity index (χ3n) is 5.41. The normalized spacial score (nSPS) is 15.7. The number of carbonyl (C=O) groups excluding carboxylic acids is 1. The summed E-state index contributed by atoms with van der Waals surface area (Å²) < 4.78 is 23.7. The zero-order chi connectivity index (χ0) is 21.8. The number of aromatic nitrogens is 2. The highest BCUT2D eigenvalue weighted by Crippen LogP contribution is 2.28. The Morgan fingerprint density at radius 3 is 2.68 bits per heavy atom. The number of ether oxygens (including phenoxy) is 2. The Balaban J connectivity index is 1.33. The highest BCUT2D eigenvalue weighted by atomic mass is 19.1. The lowest BCUT2D eigenvalue weighted by atomic mass is 10.1. The number of hydrogen-bond acceptors (Lipinski definition) is 5. The van der Waals surface area contributed by atoms with Crippen molar-refractivity contribution in [3.8, 4) is 22.8 Å². The molecule has 1 unspecified atom stereocenters. The maximum Gasteiger partial charge on any atom is 0.224 e. The molecule has 1 atom stereocenters. The monoisotopic (exact) mass is 424 g/mol. The molecule has 31 heavy (non-hydrogen) atoms. The molecule has 2 aromatic carbocycles. The van der Waals surface area contributed by atoms with Crippen LogP contribution in [0.2, 0.25) is 0 Å². The van der Waals surface area contributed by atoms with Crippen LogP contribution in [0, 0.1) is 5.82 Å². The van der Waals surface area contributed by atoms with Gasteiger partial charge in [-0.2, -0.15) is 5.10 Å². The molecular formula is C23H25FN4O3. The zero-order valence-electron chi connectivity index (χ0n) is 17.5. The molecule has 0 spiro atoms. The molecule has 1 amide bonds. The summed E-state index contributed by atoms with van der Waals surface area (Å²) in [5, 5.41) is 10.5. The van der Waals surface area contributed by atoms with Gasteiger partial charge < -0.3 is 19.7 Å². The minimum atomic E-state index is -0.269. The van der Waals surface area contributed by atoms with Crippen LogP contribution >= 0.6 is 0 Å². The summed E-state index contributed by atoms with van der Waals surface area (Å²) in [5.74, 6) is 1.76.